The van der Waals surface area contributed by atoms with E-state index in [1.165, 1.54) is 17.5 Å². The minimum absolute atomic E-state index is 0.131. The highest BCUT2D eigenvalue weighted by atomic mass is 16.6. The normalized spacial score (nSPS) is 31.1. The quantitative estimate of drug-likeness (QED) is 0.271. The summed E-state index contributed by atoms with van der Waals surface area (Å²) in [4.78, 5) is 30.1. The standard InChI is InChI=1S/C24H32N6O3/c25-29-28-7-3-6-26-22(32)33-24-11-17-8-18(12-24)10-23(9-17,16-24)27-13-21(31)30-14-19-4-1-2-5-20(19)15-30/h1-2,4-5,17-18,27H,3,6-16H2,(H,26,32). The molecule has 9 heteroatoms. The molecule has 2 N–H and O–H groups in total. The number of nitrogens with one attached hydrogen (secondary N) is 2. The molecule has 0 radical (unpaired) electrons. The van der Waals surface area contributed by atoms with Gasteiger partial charge >= 0.3 is 6.09 Å². The van der Waals surface area contributed by atoms with Gasteiger partial charge in [-0.1, -0.05) is 29.4 Å². The van der Waals surface area contributed by atoms with Crippen LogP contribution in [0.5, 0.6) is 0 Å². The summed E-state index contributed by atoms with van der Waals surface area (Å²) in [5, 5.41) is 9.93. The Morgan fingerprint density at radius 1 is 1.15 bits per heavy atom. The Morgan fingerprint density at radius 3 is 2.52 bits per heavy atom. The highest BCUT2D eigenvalue weighted by Crippen LogP contribution is 2.58. The Morgan fingerprint density at radius 2 is 1.85 bits per heavy atom. The van der Waals surface area contributed by atoms with Crippen LogP contribution in [-0.2, 0) is 22.6 Å². The van der Waals surface area contributed by atoms with Gasteiger partial charge in [-0.25, -0.2) is 4.79 Å². The van der Waals surface area contributed by atoms with Crippen molar-refractivity contribution in [2.75, 3.05) is 19.6 Å². The van der Waals surface area contributed by atoms with Gasteiger partial charge in [-0.3, -0.25) is 4.79 Å². The first-order valence-electron chi connectivity index (χ1n) is 12.1. The van der Waals surface area contributed by atoms with Crippen LogP contribution in [-0.4, -0.2) is 47.7 Å². The molecule has 33 heavy (non-hydrogen) atoms. The third-order valence-electron chi connectivity index (χ3n) is 7.89. The van der Waals surface area contributed by atoms with Crippen molar-refractivity contribution in [3.63, 3.8) is 0 Å². The average Bonchev–Trinajstić information content (AvgIpc) is 3.20. The summed E-state index contributed by atoms with van der Waals surface area (Å²) in [6, 6.07) is 8.24. The molecule has 1 aromatic rings. The van der Waals surface area contributed by atoms with Gasteiger partial charge in [0.2, 0.25) is 5.91 Å². The fourth-order valence-electron chi connectivity index (χ4n) is 7.01. The van der Waals surface area contributed by atoms with Crippen LogP contribution < -0.4 is 10.6 Å². The van der Waals surface area contributed by atoms with Crippen LogP contribution in [0.4, 0.5) is 4.79 Å². The number of benzene rings is 1. The molecule has 2 atom stereocenters. The van der Waals surface area contributed by atoms with E-state index < -0.39 is 5.60 Å². The second-order valence-corrected chi connectivity index (χ2v) is 10.4. The van der Waals surface area contributed by atoms with Crippen LogP contribution in [0.2, 0.25) is 0 Å². The van der Waals surface area contributed by atoms with E-state index in [0.29, 0.717) is 51.0 Å². The van der Waals surface area contributed by atoms with E-state index in [-0.39, 0.29) is 17.5 Å². The largest absolute Gasteiger partial charge is 0.443 e. The number of ether oxygens (including phenoxy) is 1. The number of nitrogens with zero attached hydrogens (tertiary/aromatic N) is 4. The van der Waals surface area contributed by atoms with Gasteiger partial charge in [0.05, 0.1) is 6.54 Å². The molecule has 5 aliphatic rings. The Hall–Kier alpha value is -2.77. The molecule has 1 heterocycles. The molecule has 0 aromatic heterocycles. The Labute approximate surface area is 193 Å². The first-order chi connectivity index (χ1) is 16.0. The Bertz CT molecular complexity index is 936. The summed E-state index contributed by atoms with van der Waals surface area (Å²) in [7, 11) is 0. The van der Waals surface area contributed by atoms with E-state index >= 15 is 0 Å². The van der Waals surface area contributed by atoms with E-state index in [0.717, 1.165) is 32.1 Å². The molecule has 2 unspecified atom stereocenters. The van der Waals surface area contributed by atoms with Gasteiger partial charge in [0.1, 0.15) is 5.60 Å². The maximum absolute atomic E-state index is 13.0. The van der Waals surface area contributed by atoms with Crippen molar-refractivity contribution in [3.8, 4) is 0 Å². The minimum Gasteiger partial charge on any atom is -0.443 e. The highest BCUT2D eigenvalue weighted by molar-refractivity contribution is 5.79. The average molecular weight is 453 g/mol. The van der Waals surface area contributed by atoms with Gasteiger partial charge in [-0.15, -0.1) is 0 Å². The van der Waals surface area contributed by atoms with Crippen molar-refractivity contribution < 1.29 is 14.3 Å². The molecule has 176 valence electrons. The lowest BCUT2D eigenvalue weighted by Gasteiger charge is -2.61. The van der Waals surface area contributed by atoms with Crippen LogP contribution in [0.1, 0.15) is 56.1 Å². The number of carbonyl (C=O) groups is 2. The SMILES string of the molecule is [N-]=[N+]=NCCCNC(=O)OC12CC3CC(CC(NCC(=O)N4Cc5ccccc5C4)(C3)C1)C2. The number of carbonyl (C=O) groups excluding carboxylic acids is 2. The van der Waals surface area contributed by atoms with Crippen molar-refractivity contribution in [3.05, 3.63) is 45.8 Å². The molecule has 0 spiro atoms. The topological polar surface area (TPSA) is 119 Å². The fourth-order valence-corrected chi connectivity index (χ4v) is 7.01. The Kier molecular flexibility index (Phi) is 5.93. The van der Waals surface area contributed by atoms with Crippen molar-refractivity contribution in [2.24, 2.45) is 17.0 Å². The van der Waals surface area contributed by atoms with Crippen molar-refractivity contribution in [1.82, 2.24) is 15.5 Å². The van der Waals surface area contributed by atoms with Gasteiger partial charge in [-0.05, 0) is 67.0 Å². The number of hydrogen-bond donors (Lipinski definition) is 2. The molecular weight excluding hydrogens is 420 g/mol. The van der Waals surface area contributed by atoms with E-state index in [9.17, 15) is 9.59 Å². The second kappa shape index (κ2) is 8.88. The smallest absolute Gasteiger partial charge is 0.407 e. The number of rotatable bonds is 8. The third kappa shape index (κ3) is 4.66. The van der Waals surface area contributed by atoms with Crippen molar-refractivity contribution in [2.45, 2.75) is 69.2 Å². The van der Waals surface area contributed by atoms with Gasteiger partial charge in [0, 0.05) is 43.1 Å². The van der Waals surface area contributed by atoms with Crippen LogP contribution in [0.25, 0.3) is 10.4 Å². The maximum atomic E-state index is 13.0. The molecule has 4 aliphatic carbocycles. The van der Waals surface area contributed by atoms with E-state index in [4.69, 9.17) is 10.3 Å². The summed E-state index contributed by atoms with van der Waals surface area (Å²) in [6.07, 6.45) is 6.09. The first kappa shape index (κ1) is 22.0. The first-order valence-corrected chi connectivity index (χ1v) is 12.1. The zero-order chi connectivity index (χ0) is 22.9. The van der Waals surface area contributed by atoms with E-state index in [2.05, 4.69) is 32.8 Å². The summed E-state index contributed by atoms with van der Waals surface area (Å²) in [6.45, 7) is 2.48. The maximum Gasteiger partial charge on any atom is 0.407 e. The minimum atomic E-state index is -0.446. The molecule has 0 saturated heterocycles. The number of azide groups is 1. The summed E-state index contributed by atoms with van der Waals surface area (Å²) in [5.41, 5.74) is 10.2. The molecule has 2 amide bonds. The predicted molar refractivity (Wildman–Crippen MR) is 122 cm³/mol. The molecule has 4 fully saturated rings. The molecule has 4 bridgehead atoms. The predicted octanol–water partition coefficient (Wildman–Crippen LogP) is 3.64. The van der Waals surface area contributed by atoms with Crippen LogP contribution >= 0.6 is 0 Å². The summed E-state index contributed by atoms with van der Waals surface area (Å²) < 4.78 is 6.04. The zero-order valence-corrected chi connectivity index (χ0v) is 19.0. The second-order valence-electron chi connectivity index (χ2n) is 10.4. The van der Waals surface area contributed by atoms with Crippen LogP contribution in [0.3, 0.4) is 0 Å². The number of hydrogen-bond acceptors (Lipinski definition) is 5. The molecule has 1 aromatic carbocycles. The molecular formula is C24H32N6O3. The van der Waals surface area contributed by atoms with Crippen LogP contribution in [0, 0.1) is 11.8 Å². The number of alkyl carbamates (subject to hydrolysis) is 1. The lowest BCUT2D eigenvalue weighted by molar-refractivity contribution is -0.148. The molecule has 1 aliphatic heterocycles. The van der Waals surface area contributed by atoms with Crippen molar-refractivity contribution >= 4 is 12.0 Å². The van der Waals surface area contributed by atoms with E-state index in [1.54, 1.807) is 0 Å². The number of fused-ring (bicyclic) bond motifs is 1. The monoisotopic (exact) mass is 452 g/mol. The fraction of sp³-hybridized carbons (Fsp3) is 0.667. The molecule has 4 saturated carbocycles. The summed E-state index contributed by atoms with van der Waals surface area (Å²) >= 11 is 0. The van der Waals surface area contributed by atoms with Gasteiger partial charge in [0.15, 0.2) is 0 Å². The van der Waals surface area contributed by atoms with Crippen LogP contribution in [0.15, 0.2) is 29.4 Å². The lowest BCUT2D eigenvalue weighted by atomic mass is 9.51. The zero-order valence-electron chi connectivity index (χ0n) is 19.0. The Balaban J connectivity index is 1.17. The lowest BCUT2D eigenvalue weighted by Crippen LogP contribution is -2.66. The highest BCUT2D eigenvalue weighted by Gasteiger charge is 2.59. The molecule has 6 rings (SSSR count). The van der Waals surface area contributed by atoms with Crippen molar-refractivity contribution in [1.29, 1.82) is 0 Å². The molecule has 9 nitrogen and oxygen atoms in total. The number of amides is 2. The van der Waals surface area contributed by atoms with Gasteiger partial charge in [0.25, 0.3) is 0 Å². The van der Waals surface area contributed by atoms with Gasteiger partial charge in [-0.2, -0.15) is 0 Å². The van der Waals surface area contributed by atoms with E-state index in [1.807, 2.05) is 17.0 Å². The van der Waals surface area contributed by atoms with Gasteiger partial charge < -0.3 is 20.3 Å². The third-order valence-corrected chi connectivity index (χ3v) is 7.89. The summed E-state index contributed by atoms with van der Waals surface area (Å²) in [5.74, 6) is 1.19.